The van der Waals surface area contributed by atoms with E-state index in [-0.39, 0.29) is 0 Å². The third kappa shape index (κ3) is 5.73. The van der Waals surface area contributed by atoms with Crippen LogP contribution in [0.25, 0.3) is 0 Å². The maximum absolute atomic E-state index is 9.11. The summed E-state index contributed by atoms with van der Waals surface area (Å²) in [6.45, 7) is 7.52. The topological polar surface area (TPSA) is 41.5 Å². The molecule has 0 amide bonds. The molecule has 16 heavy (non-hydrogen) atoms. The van der Waals surface area contributed by atoms with Crippen molar-refractivity contribution in [2.75, 3.05) is 19.8 Å². The molecular formula is C13H21NO2. The Morgan fingerprint density at radius 3 is 2.56 bits per heavy atom. The Bertz CT molecular complexity index is 282. The van der Waals surface area contributed by atoms with Crippen molar-refractivity contribution in [2.24, 2.45) is 5.92 Å². The van der Waals surface area contributed by atoms with Crippen LogP contribution in [0.15, 0.2) is 24.3 Å². The van der Waals surface area contributed by atoms with Crippen LogP contribution in [0, 0.1) is 5.92 Å². The van der Waals surface area contributed by atoms with Gasteiger partial charge in [-0.3, -0.25) is 0 Å². The second-order valence-corrected chi connectivity index (χ2v) is 4.31. The largest absolute Gasteiger partial charge is 0.508 e. The molecule has 1 aromatic rings. The van der Waals surface area contributed by atoms with Gasteiger partial charge < -0.3 is 15.2 Å². The fourth-order valence-corrected chi connectivity index (χ4v) is 1.31. The van der Waals surface area contributed by atoms with E-state index in [4.69, 9.17) is 9.84 Å². The van der Waals surface area contributed by atoms with Crippen molar-refractivity contribution >= 4 is 0 Å². The Kier molecular flexibility index (Phi) is 5.90. The molecule has 0 unspecified atom stereocenters. The molecule has 0 saturated heterocycles. The van der Waals surface area contributed by atoms with Crippen LogP contribution in [0.1, 0.15) is 19.4 Å². The van der Waals surface area contributed by atoms with E-state index in [0.29, 0.717) is 11.7 Å². The van der Waals surface area contributed by atoms with Crippen molar-refractivity contribution in [3.05, 3.63) is 29.8 Å². The van der Waals surface area contributed by atoms with E-state index >= 15 is 0 Å². The number of nitrogens with one attached hydrogen (secondary N) is 1. The zero-order chi connectivity index (χ0) is 11.8. The van der Waals surface area contributed by atoms with E-state index in [1.54, 1.807) is 12.1 Å². The van der Waals surface area contributed by atoms with Gasteiger partial charge >= 0.3 is 0 Å². The van der Waals surface area contributed by atoms with Crippen LogP contribution in [0.3, 0.4) is 0 Å². The summed E-state index contributed by atoms with van der Waals surface area (Å²) in [6, 6.07) is 7.23. The molecule has 0 aliphatic heterocycles. The normalized spacial score (nSPS) is 10.9. The standard InChI is InChI=1S/C13H21NO2/c1-11(2)10-16-8-7-14-9-12-3-5-13(15)6-4-12/h3-6,11,14-15H,7-10H2,1-2H3. The van der Waals surface area contributed by atoms with Crippen LogP contribution in [0.4, 0.5) is 0 Å². The highest BCUT2D eigenvalue weighted by Gasteiger charge is 1.95. The molecule has 1 aromatic carbocycles. The molecule has 90 valence electrons. The smallest absolute Gasteiger partial charge is 0.115 e. The van der Waals surface area contributed by atoms with Crippen LogP contribution in [0.5, 0.6) is 5.75 Å². The Hall–Kier alpha value is -1.06. The second-order valence-electron chi connectivity index (χ2n) is 4.31. The Morgan fingerprint density at radius 1 is 1.25 bits per heavy atom. The second kappa shape index (κ2) is 7.25. The number of ether oxygens (including phenoxy) is 1. The lowest BCUT2D eigenvalue weighted by molar-refractivity contribution is 0.111. The van der Waals surface area contributed by atoms with Gasteiger partial charge in [-0.2, -0.15) is 0 Å². The fourth-order valence-electron chi connectivity index (χ4n) is 1.31. The third-order valence-electron chi connectivity index (χ3n) is 2.14. The number of benzene rings is 1. The first-order chi connectivity index (χ1) is 7.68. The number of phenolic OH excluding ortho intramolecular Hbond substituents is 1. The molecule has 2 N–H and O–H groups in total. The number of hydrogen-bond acceptors (Lipinski definition) is 3. The molecule has 0 aromatic heterocycles. The number of hydrogen-bond donors (Lipinski definition) is 2. The van der Waals surface area contributed by atoms with E-state index < -0.39 is 0 Å². The SMILES string of the molecule is CC(C)COCCNCc1ccc(O)cc1. The van der Waals surface area contributed by atoms with Crippen molar-refractivity contribution in [2.45, 2.75) is 20.4 Å². The zero-order valence-electron chi connectivity index (χ0n) is 10.1. The molecule has 0 saturated carbocycles. The Balaban J connectivity index is 2.05. The summed E-state index contributed by atoms with van der Waals surface area (Å²) in [6.07, 6.45) is 0. The molecule has 0 atom stereocenters. The highest BCUT2D eigenvalue weighted by atomic mass is 16.5. The summed E-state index contributed by atoms with van der Waals surface area (Å²) in [4.78, 5) is 0. The van der Waals surface area contributed by atoms with Crippen LogP contribution in [0.2, 0.25) is 0 Å². The van der Waals surface area contributed by atoms with Gasteiger partial charge in [0, 0.05) is 19.7 Å². The lowest BCUT2D eigenvalue weighted by Gasteiger charge is -2.08. The van der Waals surface area contributed by atoms with Crippen LogP contribution < -0.4 is 5.32 Å². The summed E-state index contributed by atoms with van der Waals surface area (Å²) in [5.41, 5.74) is 1.17. The van der Waals surface area contributed by atoms with Gasteiger partial charge in [-0.25, -0.2) is 0 Å². The maximum Gasteiger partial charge on any atom is 0.115 e. The first-order valence-electron chi connectivity index (χ1n) is 5.75. The molecule has 0 spiro atoms. The van der Waals surface area contributed by atoms with Gasteiger partial charge in [0.2, 0.25) is 0 Å². The van der Waals surface area contributed by atoms with Gasteiger partial charge in [-0.1, -0.05) is 26.0 Å². The molecular weight excluding hydrogens is 202 g/mol. The van der Waals surface area contributed by atoms with Crippen molar-refractivity contribution in [3.8, 4) is 5.75 Å². The summed E-state index contributed by atoms with van der Waals surface area (Å²) in [5, 5.41) is 12.4. The number of phenols is 1. The predicted octanol–water partition coefficient (Wildman–Crippen LogP) is 2.15. The predicted molar refractivity (Wildman–Crippen MR) is 65.5 cm³/mol. The molecule has 0 aliphatic rings. The summed E-state index contributed by atoms with van der Waals surface area (Å²) < 4.78 is 5.45. The van der Waals surface area contributed by atoms with Crippen LogP contribution in [-0.4, -0.2) is 24.9 Å². The highest BCUT2D eigenvalue weighted by Crippen LogP contribution is 2.08. The van der Waals surface area contributed by atoms with Gasteiger partial charge in [-0.05, 0) is 23.6 Å². The lowest BCUT2D eigenvalue weighted by atomic mass is 10.2. The van der Waals surface area contributed by atoms with E-state index in [1.165, 1.54) is 5.56 Å². The van der Waals surface area contributed by atoms with Crippen molar-refractivity contribution in [1.82, 2.24) is 5.32 Å². The average Bonchev–Trinajstić information content (AvgIpc) is 2.25. The third-order valence-corrected chi connectivity index (χ3v) is 2.14. The minimum absolute atomic E-state index is 0.309. The minimum atomic E-state index is 0.309. The van der Waals surface area contributed by atoms with Crippen LogP contribution >= 0.6 is 0 Å². The Morgan fingerprint density at radius 2 is 1.94 bits per heavy atom. The molecule has 3 nitrogen and oxygen atoms in total. The lowest BCUT2D eigenvalue weighted by Crippen LogP contribution is -2.20. The zero-order valence-corrected chi connectivity index (χ0v) is 10.1. The number of aromatic hydroxyl groups is 1. The first-order valence-corrected chi connectivity index (χ1v) is 5.75. The van der Waals surface area contributed by atoms with E-state index in [1.807, 2.05) is 12.1 Å². The monoisotopic (exact) mass is 223 g/mol. The summed E-state index contributed by atoms with van der Waals surface area (Å²) in [5.74, 6) is 0.904. The van der Waals surface area contributed by atoms with Gasteiger partial charge in [0.05, 0.1) is 6.61 Å². The molecule has 0 bridgehead atoms. The number of rotatable bonds is 7. The van der Waals surface area contributed by atoms with E-state index in [9.17, 15) is 0 Å². The molecule has 0 fully saturated rings. The van der Waals surface area contributed by atoms with Gasteiger partial charge in [-0.15, -0.1) is 0 Å². The molecule has 0 radical (unpaired) electrons. The highest BCUT2D eigenvalue weighted by molar-refractivity contribution is 5.25. The van der Waals surface area contributed by atoms with Gasteiger partial charge in [0.25, 0.3) is 0 Å². The maximum atomic E-state index is 9.11. The molecule has 3 heteroatoms. The van der Waals surface area contributed by atoms with Crippen LogP contribution in [-0.2, 0) is 11.3 Å². The van der Waals surface area contributed by atoms with Crippen molar-refractivity contribution in [1.29, 1.82) is 0 Å². The van der Waals surface area contributed by atoms with Gasteiger partial charge in [0.1, 0.15) is 5.75 Å². The first kappa shape index (κ1) is 13.0. The van der Waals surface area contributed by atoms with Crippen molar-refractivity contribution < 1.29 is 9.84 Å². The molecule has 0 aliphatic carbocycles. The summed E-state index contributed by atoms with van der Waals surface area (Å²) in [7, 11) is 0. The minimum Gasteiger partial charge on any atom is -0.508 e. The quantitative estimate of drug-likeness (QED) is 0.696. The van der Waals surface area contributed by atoms with E-state index in [2.05, 4.69) is 19.2 Å². The van der Waals surface area contributed by atoms with Crippen molar-refractivity contribution in [3.63, 3.8) is 0 Å². The van der Waals surface area contributed by atoms with E-state index in [0.717, 1.165) is 26.3 Å². The van der Waals surface area contributed by atoms with Gasteiger partial charge in [0.15, 0.2) is 0 Å². The Labute approximate surface area is 97.4 Å². The average molecular weight is 223 g/mol. The molecule has 1 rings (SSSR count). The molecule has 0 heterocycles. The summed E-state index contributed by atoms with van der Waals surface area (Å²) >= 11 is 0. The fraction of sp³-hybridized carbons (Fsp3) is 0.538.